The molecule has 2 N–H and O–H groups in total. The zero-order valence-electron chi connectivity index (χ0n) is 9.26. The summed E-state index contributed by atoms with van der Waals surface area (Å²) in [6.45, 7) is 1.93. The van der Waals surface area contributed by atoms with Crippen molar-refractivity contribution < 1.29 is 4.39 Å². The summed E-state index contributed by atoms with van der Waals surface area (Å²) in [5.74, 6) is 0.244. The summed E-state index contributed by atoms with van der Waals surface area (Å²) in [4.78, 5) is 0. The molecule has 2 unspecified atom stereocenters. The standard InChI is InChI=1S/C12H16ClFN2/c1-15-12(8-4-5-16-7-8)10-6-9(13)2-3-11(10)14/h2-3,6,8,12,15-16H,4-5,7H2,1H3. The molecule has 0 spiro atoms. The van der Waals surface area contributed by atoms with Crippen molar-refractivity contribution in [2.45, 2.75) is 12.5 Å². The van der Waals surface area contributed by atoms with Crippen molar-refractivity contribution >= 4 is 11.6 Å². The van der Waals surface area contributed by atoms with Crippen LogP contribution in [0.5, 0.6) is 0 Å². The van der Waals surface area contributed by atoms with Crippen molar-refractivity contribution in [1.82, 2.24) is 10.6 Å². The van der Waals surface area contributed by atoms with Crippen LogP contribution in [0.15, 0.2) is 18.2 Å². The molecule has 1 fully saturated rings. The molecule has 2 atom stereocenters. The van der Waals surface area contributed by atoms with E-state index in [0.29, 0.717) is 16.5 Å². The first-order chi connectivity index (χ1) is 7.72. The molecule has 0 aliphatic carbocycles. The monoisotopic (exact) mass is 242 g/mol. The molecule has 1 saturated heterocycles. The Kier molecular flexibility index (Phi) is 3.79. The predicted molar refractivity (Wildman–Crippen MR) is 64.2 cm³/mol. The smallest absolute Gasteiger partial charge is 0.128 e. The van der Waals surface area contributed by atoms with Crippen molar-refractivity contribution in [2.75, 3.05) is 20.1 Å². The van der Waals surface area contributed by atoms with E-state index in [2.05, 4.69) is 10.6 Å². The van der Waals surface area contributed by atoms with E-state index < -0.39 is 0 Å². The first-order valence-electron chi connectivity index (χ1n) is 5.55. The number of rotatable bonds is 3. The van der Waals surface area contributed by atoms with Crippen LogP contribution in [0.1, 0.15) is 18.0 Å². The highest BCUT2D eigenvalue weighted by molar-refractivity contribution is 6.30. The molecule has 2 rings (SSSR count). The molecular weight excluding hydrogens is 227 g/mol. The SMILES string of the molecule is CNC(c1cc(Cl)ccc1F)C1CCNC1. The average molecular weight is 243 g/mol. The van der Waals surface area contributed by atoms with Crippen LogP contribution in [0, 0.1) is 11.7 Å². The first-order valence-corrected chi connectivity index (χ1v) is 5.93. The molecule has 88 valence electrons. The van der Waals surface area contributed by atoms with Crippen molar-refractivity contribution in [2.24, 2.45) is 5.92 Å². The second-order valence-corrected chi connectivity index (χ2v) is 4.62. The van der Waals surface area contributed by atoms with Crippen LogP contribution in [0.4, 0.5) is 4.39 Å². The fourth-order valence-corrected chi connectivity index (χ4v) is 2.54. The van der Waals surface area contributed by atoms with Crippen LogP contribution in [0.25, 0.3) is 0 Å². The zero-order valence-corrected chi connectivity index (χ0v) is 10.0. The number of nitrogens with one attached hydrogen (secondary N) is 2. The molecule has 0 saturated carbocycles. The minimum absolute atomic E-state index is 0.0358. The molecule has 0 bridgehead atoms. The fraction of sp³-hybridized carbons (Fsp3) is 0.500. The molecule has 4 heteroatoms. The van der Waals surface area contributed by atoms with Crippen molar-refractivity contribution in [3.63, 3.8) is 0 Å². The predicted octanol–water partition coefficient (Wildman–Crippen LogP) is 2.35. The Balaban J connectivity index is 2.28. The number of benzene rings is 1. The fourth-order valence-electron chi connectivity index (χ4n) is 2.36. The highest BCUT2D eigenvalue weighted by atomic mass is 35.5. The van der Waals surface area contributed by atoms with Crippen molar-refractivity contribution in [3.8, 4) is 0 Å². The van der Waals surface area contributed by atoms with Gasteiger partial charge in [0.1, 0.15) is 5.82 Å². The molecule has 1 aromatic carbocycles. The van der Waals surface area contributed by atoms with E-state index in [0.717, 1.165) is 19.5 Å². The summed E-state index contributed by atoms with van der Waals surface area (Å²) < 4.78 is 13.7. The van der Waals surface area contributed by atoms with Gasteiger partial charge in [0, 0.05) is 16.6 Å². The van der Waals surface area contributed by atoms with Gasteiger partial charge >= 0.3 is 0 Å². The van der Waals surface area contributed by atoms with Gasteiger partial charge in [-0.1, -0.05) is 11.6 Å². The molecule has 16 heavy (non-hydrogen) atoms. The van der Waals surface area contributed by atoms with Gasteiger partial charge in [-0.25, -0.2) is 4.39 Å². The maximum absolute atomic E-state index is 13.7. The lowest BCUT2D eigenvalue weighted by atomic mass is 9.92. The zero-order chi connectivity index (χ0) is 11.5. The van der Waals surface area contributed by atoms with E-state index in [-0.39, 0.29) is 11.9 Å². The maximum Gasteiger partial charge on any atom is 0.128 e. The number of halogens is 2. The van der Waals surface area contributed by atoms with Gasteiger partial charge in [0.05, 0.1) is 0 Å². The third-order valence-electron chi connectivity index (χ3n) is 3.17. The van der Waals surface area contributed by atoms with E-state index in [1.807, 2.05) is 7.05 Å². The lowest BCUT2D eigenvalue weighted by Gasteiger charge is -2.23. The van der Waals surface area contributed by atoms with E-state index in [4.69, 9.17) is 11.6 Å². The Morgan fingerprint density at radius 3 is 3.00 bits per heavy atom. The largest absolute Gasteiger partial charge is 0.316 e. The minimum atomic E-state index is -0.185. The quantitative estimate of drug-likeness (QED) is 0.850. The van der Waals surface area contributed by atoms with Crippen molar-refractivity contribution in [1.29, 1.82) is 0 Å². The Hall–Kier alpha value is -0.640. The van der Waals surface area contributed by atoms with Gasteiger partial charge < -0.3 is 10.6 Å². The summed E-state index contributed by atoms with van der Waals surface area (Å²) in [5, 5.41) is 7.07. The summed E-state index contributed by atoms with van der Waals surface area (Å²) in [5.41, 5.74) is 0.670. The number of hydrogen-bond donors (Lipinski definition) is 2. The lowest BCUT2D eigenvalue weighted by molar-refractivity contribution is 0.396. The van der Waals surface area contributed by atoms with E-state index >= 15 is 0 Å². The van der Waals surface area contributed by atoms with Gasteiger partial charge in [0.2, 0.25) is 0 Å². The normalized spacial score (nSPS) is 22.3. The summed E-state index contributed by atoms with van der Waals surface area (Å²) in [7, 11) is 1.86. The average Bonchev–Trinajstić information content (AvgIpc) is 2.78. The van der Waals surface area contributed by atoms with Gasteiger partial charge in [-0.15, -0.1) is 0 Å². The molecule has 0 radical (unpaired) electrons. The van der Waals surface area contributed by atoms with Gasteiger partial charge in [-0.3, -0.25) is 0 Å². The third-order valence-corrected chi connectivity index (χ3v) is 3.41. The topological polar surface area (TPSA) is 24.1 Å². The van der Waals surface area contributed by atoms with Crippen LogP contribution in [-0.2, 0) is 0 Å². The van der Waals surface area contributed by atoms with E-state index in [1.54, 1.807) is 12.1 Å². The maximum atomic E-state index is 13.7. The van der Waals surface area contributed by atoms with E-state index in [1.165, 1.54) is 6.07 Å². The van der Waals surface area contributed by atoms with Crippen LogP contribution < -0.4 is 10.6 Å². The highest BCUT2D eigenvalue weighted by Crippen LogP contribution is 2.29. The Morgan fingerprint density at radius 1 is 1.56 bits per heavy atom. The minimum Gasteiger partial charge on any atom is -0.316 e. The molecule has 1 aliphatic rings. The Bertz CT molecular complexity index is 364. The Morgan fingerprint density at radius 2 is 2.38 bits per heavy atom. The molecule has 0 aromatic heterocycles. The second-order valence-electron chi connectivity index (χ2n) is 4.19. The molecule has 1 aliphatic heterocycles. The van der Waals surface area contributed by atoms with E-state index in [9.17, 15) is 4.39 Å². The molecule has 0 amide bonds. The molecule has 2 nitrogen and oxygen atoms in total. The van der Waals surface area contributed by atoms with Crippen LogP contribution in [-0.4, -0.2) is 20.1 Å². The lowest BCUT2D eigenvalue weighted by Crippen LogP contribution is -2.27. The van der Waals surface area contributed by atoms with Gasteiger partial charge in [-0.2, -0.15) is 0 Å². The highest BCUT2D eigenvalue weighted by Gasteiger charge is 2.26. The third kappa shape index (κ3) is 2.37. The molecule has 1 aromatic rings. The second kappa shape index (κ2) is 5.13. The molecular formula is C12H16ClFN2. The summed E-state index contributed by atoms with van der Waals surface area (Å²) in [6.07, 6.45) is 1.07. The van der Waals surface area contributed by atoms with Crippen molar-refractivity contribution in [3.05, 3.63) is 34.6 Å². The van der Waals surface area contributed by atoms with Crippen LogP contribution >= 0.6 is 11.6 Å². The van der Waals surface area contributed by atoms with Gasteiger partial charge in [-0.05, 0) is 50.7 Å². The molecule has 1 heterocycles. The summed E-state index contributed by atoms with van der Waals surface area (Å²) >= 11 is 5.91. The first kappa shape index (κ1) is 11.8. The Labute approximate surface area is 100 Å². The van der Waals surface area contributed by atoms with Gasteiger partial charge in [0.15, 0.2) is 0 Å². The number of hydrogen-bond acceptors (Lipinski definition) is 2. The van der Waals surface area contributed by atoms with Gasteiger partial charge in [0.25, 0.3) is 0 Å². The summed E-state index contributed by atoms with van der Waals surface area (Å²) in [6, 6.07) is 4.77. The van der Waals surface area contributed by atoms with Crippen LogP contribution in [0.3, 0.4) is 0 Å². The van der Waals surface area contributed by atoms with Crippen LogP contribution in [0.2, 0.25) is 5.02 Å².